The summed E-state index contributed by atoms with van der Waals surface area (Å²) >= 11 is 0. The number of benzene rings is 2. The Balaban J connectivity index is 1.54. The zero-order chi connectivity index (χ0) is 17.4. The second-order valence-electron chi connectivity index (χ2n) is 6.73. The van der Waals surface area contributed by atoms with Gasteiger partial charge in [-0.15, -0.1) is 5.10 Å². The van der Waals surface area contributed by atoms with Gasteiger partial charge in [-0.25, -0.2) is 0 Å². The second-order valence-corrected chi connectivity index (χ2v) is 6.73. The van der Waals surface area contributed by atoms with Crippen molar-refractivity contribution in [1.29, 1.82) is 0 Å². The second kappa shape index (κ2) is 6.01. The number of hydrogen-bond donors (Lipinski definition) is 1. The molecule has 0 spiro atoms. The van der Waals surface area contributed by atoms with E-state index in [0.29, 0.717) is 0 Å². The summed E-state index contributed by atoms with van der Waals surface area (Å²) in [7, 11) is 0. The predicted octanol–water partition coefficient (Wildman–Crippen LogP) is 3.27. The van der Waals surface area contributed by atoms with Gasteiger partial charge in [-0.2, -0.15) is 4.68 Å². The maximum absolute atomic E-state index is 5.51. The van der Waals surface area contributed by atoms with Crippen LogP contribution in [0.25, 0.3) is 5.69 Å². The van der Waals surface area contributed by atoms with Crippen molar-refractivity contribution in [2.45, 2.75) is 31.2 Å². The van der Waals surface area contributed by atoms with Crippen LogP contribution in [0.5, 0.6) is 11.5 Å². The summed E-state index contributed by atoms with van der Waals surface area (Å²) in [5.74, 6) is 2.40. The minimum atomic E-state index is -0.299. The van der Waals surface area contributed by atoms with Gasteiger partial charge in [0, 0.05) is 11.8 Å². The van der Waals surface area contributed by atoms with Crippen LogP contribution in [-0.4, -0.2) is 27.0 Å². The fraction of sp³-hybridized carbons (Fsp3) is 0.316. The molecule has 0 bridgehead atoms. The van der Waals surface area contributed by atoms with Gasteiger partial charge in [-0.3, -0.25) is 0 Å². The molecule has 0 saturated heterocycles. The van der Waals surface area contributed by atoms with Gasteiger partial charge in [0.05, 0.1) is 11.2 Å². The Morgan fingerprint density at radius 3 is 2.62 bits per heavy atom. The third-order valence-electron chi connectivity index (χ3n) is 5.11. The van der Waals surface area contributed by atoms with Crippen molar-refractivity contribution in [1.82, 2.24) is 20.2 Å². The Bertz CT molecular complexity index is 919. The highest BCUT2D eigenvalue weighted by atomic mass is 16.7. The molecule has 132 valence electrons. The van der Waals surface area contributed by atoms with E-state index in [1.165, 1.54) is 0 Å². The van der Waals surface area contributed by atoms with Gasteiger partial charge in [-0.1, -0.05) is 31.0 Å². The highest BCUT2D eigenvalue weighted by molar-refractivity contribution is 5.57. The molecule has 26 heavy (non-hydrogen) atoms. The number of fused-ring (bicyclic) bond motifs is 1. The maximum Gasteiger partial charge on any atom is 0.231 e. The monoisotopic (exact) mass is 349 g/mol. The zero-order valence-electron chi connectivity index (χ0n) is 14.3. The summed E-state index contributed by atoms with van der Waals surface area (Å²) in [5, 5.41) is 16.3. The molecule has 1 aromatic heterocycles. The van der Waals surface area contributed by atoms with Gasteiger partial charge in [-0.05, 0) is 47.5 Å². The molecule has 2 heterocycles. The maximum atomic E-state index is 5.51. The van der Waals surface area contributed by atoms with Crippen molar-refractivity contribution < 1.29 is 9.47 Å². The summed E-state index contributed by atoms with van der Waals surface area (Å²) in [6, 6.07) is 16.0. The first kappa shape index (κ1) is 15.2. The van der Waals surface area contributed by atoms with Crippen LogP contribution in [0.2, 0.25) is 0 Å². The number of nitrogens with zero attached hydrogens (tertiary/aromatic N) is 4. The summed E-state index contributed by atoms with van der Waals surface area (Å²) in [6.45, 7) is 0.274. The molecule has 1 fully saturated rings. The largest absolute Gasteiger partial charge is 0.454 e. The molecule has 3 aromatic rings. The van der Waals surface area contributed by atoms with E-state index in [1.807, 2.05) is 53.2 Å². The van der Waals surface area contributed by atoms with E-state index < -0.39 is 0 Å². The molecule has 5 rings (SSSR count). The fourth-order valence-electron chi connectivity index (χ4n) is 3.86. The van der Waals surface area contributed by atoms with Gasteiger partial charge >= 0.3 is 0 Å². The summed E-state index contributed by atoms with van der Waals surface area (Å²) in [4.78, 5) is 0. The lowest BCUT2D eigenvalue weighted by Gasteiger charge is -2.30. The molecule has 7 heteroatoms. The first-order valence-electron chi connectivity index (χ1n) is 8.86. The first-order chi connectivity index (χ1) is 12.8. The third kappa shape index (κ3) is 2.47. The molecule has 0 radical (unpaired) electrons. The molecular weight excluding hydrogens is 330 g/mol. The summed E-state index contributed by atoms with van der Waals surface area (Å²) in [5.41, 5.74) is 1.65. The normalized spacial score (nSPS) is 17.4. The molecular formula is C19H19N5O2. The number of hydrogen-bond acceptors (Lipinski definition) is 6. The van der Waals surface area contributed by atoms with Crippen molar-refractivity contribution in [3.63, 3.8) is 0 Å². The molecule has 2 aromatic carbocycles. The minimum absolute atomic E-state index is 0.274. The van der Waals surface area contributed by atoms with E-state index >= 15 is 0 Å². The van der Waals surface area contributed by atoms with Crippen LogP contribution in [0, 0.1) is 0 Å². The predicted molar refractivity (Wildman–Crippen MR) is 95.5 cm³/mol. The molecule has 2 aliphatic rings. The lowest BCUT2D eigenvalue weighted by atomic mass is 9.95. The van der Waals surface area contributed by atoms with Crippen molar-refractivity contribution in [3.8, 4) is 17.2 Å². The highest BCUT2D eigenvalue weighted by Crippen LogP contribution is 2.43. The van der Waals surface area contributed by atoms with Crippen molar-refractivity contribution in [2.75, 3.05) is 12.1 Å². The SMILES string of the molecule is c1ccc(-n2nnnc2C2(Nc3ccc4c(c3)OCO4)CCCC2)cc1. The van der Waals surface area contributed by atoms with Crippen LogP contribution in [0.15, 0.2) is 48.5 Å². The number of nitrogens with one attached hydrogen (secondary N) is 1. The molecule has 0 unspecified atom stereocenters. The summed E-state index contributed by atoms with van der Waals surface area (Å²) in [6.07, 6.45) is 4.24. The number of ether oxygens (including phenoxy) is 2. The van der Waals surface area contributed by atoms with E-state index in [0.717, 1.165) is 54.4 Å². The average molecular weight is 349 g/mol. The van der Waals surface area contributed by atoms with Gasteiger partial charge in [0.1, 0.15) is 0 Å². The molecule has 7 nitrogen and oxygen atoms in total. The lowest BCUT2D eigenvalue weighted by molar-refractivity contribution is 0.174. The Morgan fingerprint density at radius 2 is 1.77 bits per heavy atom. The highest BCUT2D eigenvalue weighted by Gasteiger charge is 2.41. The standard InChI is InChI=1S/C19H19N5O2/c1-2-6-15(7-3-1)24-18(21-22-23-24)19(10-4-5-11-19)20-14-8-9-16-17(12-14)26-13-25-16/h1-3,6-9,12,20H,4-5,10-11,13H2. The average Bonchev–Trinajstić information content (AvgIpc) is 3.43. The Labute approximate surface area is 150 Å². The van der Waals surface area contributed by atoms with Crippen LogP contribution in [0.4, 0.5) is 5.69 Å². The number of tetrazole rings is 1. The van der Waals surface area contributed by atoms with Crippen LogP contribution < -0.4 is 14.8 Å². The molecule has 1 N–H and O–H groups in total. The topological polar surface area (TPSA) is 74.1 Å². The number of aromatic nitrogens is 4. The van der Waals surface area contributed by atoms with Gasteiger partial charge in [0.25, 0.3) is 0 Å². The minimum Gasteiger partial charge on any atom is -0.454 e. The van der Waals surface area contributed by atoms with E-state index in [9.17, 15) is 0 Å². The van der Waals surface area contributed by atoms with Crippen LogP contribution >= 0.6 is 0 Å². The Hall–Kier alpha value is -3.09. The third-order valence-corrected chi connectivity index (χ3v) is 5.11. The molecule has 0 amide bonds. The van der Waals surface area contributed by atoms with E-state index in [4.69, 9.17) is 9.47 Å². The van der Waals surface area contributed by atoms with Crippen LogP contribution in [0.1, 0.15) is 31.5 Å². The van der Waals surface area contributed by atoms with Gasteiger partial charge in [0.2, 0.25) is 6.79 Å². The van der Waals surface area contributed by atoms with Crippen molar-refractivity contribution in [2.24, 2.45) is 0 Å². The van der Waals surface area contributed by atoms with E-state index in [2.05, 4.69) is 20.8 Å². The quantitative estimate of drug-likeness (QED) is 0.779. The lowest BCUT2D eigenvalue weighted by Crippen LogP contribution is -2.35. The molecule has 0 atom stereocenters. The Morgan fingerprint density at radius 1 is 0.962 bits per heavy atom. The molecule has 1 saturated carbocycles. The van der Waals surface area contributed by atoms with Gasteiger partial charge < -0.3 is 14.8 Å². The van der Waals surface area contributed by atoms with E-state index in [1.54, 1.807) is 0 Å². The van der Waals surface area contributed by atoms with Crippen LogP contribution in [0.3, 0.4) is 0 Å². The zero-order valence-corrected chi connectivity index (χ0v) is 14.3. The molecule has 1 aliphatic heterocycles. The summed E-state index contributed by atoms with van der Waals surface area (Å²) < 4.78 is 12.8. The first-order valence-corrected chi connectivity index (χ1v) is 8.86. The smallest absolute Gasteiger partial charge is 0.231 e. The number of para-hydroxylation sites is 1. The Kier molecular flexibility index (Phi) is 3.51. The van der Waals surface area contributed by atoms with Crippen LogP contribution in [-0.2, 0) is 5.54 Å². The fourth-order valence-corrected chi connectivity index (χ4v) is 3.86. The van der Waals surface area contributed by atoms with Crippen molar-refractivity contribution in [3.05, 3.63) is 54.4 Å². The van der Waals surface area contributed by atoms with E-state index in [-0.39, 0.29) is 12.3 Å². The van der Waals surface area contributed by atoms with Crippen molar-refractivity contribution >= 4 is 5.69 Å². The number of anilines is 1. The molecule has 1 aliphatic carbocycles. The van der Waals surface area contributed by atoms with Gasteiger partial charge in [0.15, 0.2) is 17.3 Å². The number of rotatable bonds is 4.